The Morgan fingerprint density at radius 2 is 1.82 bits per heavy atom. The first-order valence-electron chi connectivity index (χ1n) is 13.7. The van der Waals surface area contributed by atoms with Gasteiger partial charge in [0.1, 0.15) is 22.9 Å². The van der Waals surface area contributed by atoms with Crippen LogP contribution >= 0.6 is 0 Å². The van der Waals surface area contributed by atoms with Gasteiger partial charge in [0.25, 0.3) is 5.91 Å². The predicted molar refractivity (Wildman–Crippen MR) is 140 cm³/mol. The Morgan fingerprint density at radius 1 is 1.11 bits per heavy atom. The van der Waals surface area contributed by atoms with E-state index in [9.17, 15) is 18.4 Å². The molecule has 0 spiro atoms. The third kappa shape index (κ3) is 7.39. The Hall–Kier alpha value is -3.30. The summed E-state index contributed by atoms with van der Waals surface area (Å²) in [7, 11) is 0. The molecule has 2 aromatic rings. The molecule has 2 amide bonds. The highest BCUT2D eigenvalue weighted by atomic mass is 19.1. The van der Waals surface area contributed by atoms with Crippen LogP contribution < -0.4 is 15.0 Å². The van der Waals surface area contributed by atoms with Crippen LogP contribution in [0, 0.1) is 17.6 Å². The number of anilines is 1. The molecule has 0 aliphatic carbocycles. The largest absolute Gasteiger partial charge is 0.493 e. The van der Waals surface area contributed by atoms with Gasteiger partial charge < -0.3 is 19.9 Å². The predicted octanol–water partition coefficient (Wildman–Crippen LogP) is 4.14. The van der Waals surface area contributed by atoms with Gasteiger partial charge in [-0.2, -0.15) is 0 Å². The Kier molecular flexibility index (Phi) is 9.84. The van der Waals surface area contributed by atoms with Gasteiger partial charge in [-0.1, -0.05) is 6.92 Å². The molecule has 2 saturated heterocycles. The maximum atomic E-state index is 14.5. The van der Waals surface area contributed by atoms with Crippen molar-refractivity contribution in [3.8, 4) is 5.75 Å². The molecule has 2 fully saturated rings. The van der Waals surface area contributed by atoms with Crippen molar-refractivity contribution < 1.29 is 23.1 Å². The zero-order valence-corrected chi connectivity index (χ0v) is 22.1. The first-order chi connectivity index (χ1) is 18.4. The summed E-state index contributed by atoms with van der Waals surface area (Å²) in [5, 5.41) is 2.54. The quantitative estimate of drug-likeness (QED) is 0.416. The fourth-order valence-electron chi connectivity index (χ4n) is 5.03. The van der Waals surface area contributed by atoms with Crippen LogP contribution in [-0.4, -0.2) is 66.0 Å². The summed E-state index contributed by atoms with van der Waals surface area (Å²) in [5.41, 5.74) is 0.513. The minimum absolute atomic E-state index is 0.0755. The van der Waals surface area contributed by atoms with E-state index in [0.717, 1.165) is 81.8 Å². The van der Waals surface area contributed by atoms with Gasteiger partial charge >= 0.3 is 0 Å². The Labute approximate surface area is 222 Å². The molecule has 38 heavy (non-hydrogen) atoms. The number of aryl methyl sites for hydroxylation is 1. The highest BCUT2D eigenvalue weighted by Gasteiger charge is 2.22. The lowest BCUT2D eigenvalue weighted by atomic mass is 9.92. The van der Waals surface area contributed by atoms with E-state index >= 15 is 0 Å². The second-order valence-corrected chi connectivity index (χ2v) is 10.0. The molecule has 1 aromatic carbocycles. The maximum absolute atomic E-state index is 14.5. The fourth-order valence-corrected chi connectivity index (χ4v) is 5.03. The van der Waals surface area contributed by atoms with E-state index in [1.165, 1.54) is 0 Å². The average Bonchev–Trinajstić information content (AvgIpc) is 3.33. The van der Waals surface area contributed by atoms with Gasteiger partial charge in [0.2, 0.25) is 11.9 Å². The zero-order valence-electron chi connectivity index (χ0n) is 22.1. The first kappa shape index (κ1) is 27.7. The van der Waals surface area contributed by atoms with Crippen LogP contribution in [0.2, 0.25) is 0 Å². The summed E-state index contributed by atoms with van der Waals surface area (Å²) in [6.07, 6.45) is 10.5. The second-order valence-electron chi connectivity index (χ2n) is 10.0. The molecular formula is C28H37F2N5O3. The number of benzene rings is 1. The fraction of sp³-hybridized carbons (Fsp3) is 0.571. The number of carbonyl (C=O) groups is 2. The zero-order chi connectivity index (χ0) is 26.9. The van der Waals surface area contributed by atoms with Gasteiger partial charge in [0, 0.05) is 63.7 Å². The monoisotopic (exact) mass is 529 g/mol. The number of aromatic nitrogens is 2. The number of hydrogen-bond acceptors (Lipinski definition) is 6. The van der Waals surface area contributed by atoms with Crippen molar-refractivity contribution in [1.29, 1.82) is 0 Å². The number of piperidine rings is 1. The van der Waals surface area contributed by atoms with E-state index < -0.39 is 23.1 Å². The van der Waals surface area contributed by atoms with Gasteiger partial charge in [-0.15, -0.1) is 0 Å². The molecule has 1 aromatic heterocycles. The highest BCUT2D eigenvalue weighted by Crippen LogP contribution is 2.25. The standard InChI is InChI=1S/C28H37F2N5O3/c1-2-20-18-32-28(33-19-20)35-13-8-21(9-14-35)6-4-15-38-22-16-23(29)26(24(30)17-22)27(37)31-10-5-12-34-11-3-7-25(34)36/h16-19,21H,2-15H2,1H3,(H,31,37). The average molecular weight is 530 g/mol. The molecule has 0 bridgehead atoms. The molecule has 3 heterocycles. The molecule has 0 saturated carbocycles. The Balaban J connectivity index is 1.15. The molecule has 2 aliphatic rings. The number of likely N-dealkylation sites (tertiary alicyclic amines) is 1. The third-order valence-corrected chi connectivity index (χ3v) is 7.33. The second kappa shape index (κ2) is 13.5. The Bertz CT molecular complexity index is 1070. The van der Waals surface area contributed by atoms with Crippen LogP contribution in [0.1, 0.15) is 67.8 Å². The summed E-state index contributed by atoms with van der Waals surface area (Å²) >= 11 is 0. The molecule has 0 atom stereocenters. The summed E-state index contributed by atoms with van der Waals surface area (Å²) in [5.74, 6) is -1.18. The van der Waals surface area contributed by atoms with Crippen molar-refractivity contribution in [2.24, 2.45) is 5.92 Å². The molecule has 1 N–H and O–H groups in total. The summed E-state index contributed by atoms with van der Waals surface area (Å²) in [6.45, 7) is 5.73. The van der Waals surface area contributed by atoms with Gasteiger partial charge in [-0.05, 0) is 56.4 Å². The number of halogens is 2. The van der Waals surface area contributed by atoms with Crippen molar-refractivity contribution in [1.82, 2.24) is 20.2 Å². The summed E-state index contributed by atoms with van der Waals surface area (Å²) in [6, 6.07) is 2.12. The molecule has 0 unspecified atom stereocenters. The van der Waals surface area contributed by atoms with Gasteiger partial charge in [-0.3, -0.25) is 9.59 Å². The van der Waals surface area contributed by atoms with Gasteiger partial charge in [-0.25, -0.2) is 18.7 Å². The van der Waals surface area contributed by atoms with Crippen molar-refractivity contribution in [3.63, 3.8) is 0 Å². The highest BCUT2D eigenvalue weighted by molar-refractivity contribution is 5.94. The molecule has 2 aliphatic heterocycles. The minimum Gasteiger partial charge on any atom is -0.493 e. The number of amides is 2. The van der Waals surface area contributed by atoms with E-state index in [2.05, 4.69) is 27.1 Å². The topological polar surface area (TPSA) is 87.7 Å². The van der Waals surface area contributed by atoms with Crippen molar-refractivity contribution in [3.05, 3.63) is 47.3 Å². The molecular weight excluding hydrogens is 492 g/mol. The lowest BCUT2D eigenvalue weighted by molar-refractivity contribution is -0.127. The lowest BCUT2D eigenvalue weighted by Gasteiger charge is -2.32. The number of carbonyl (C=O) groups excluding carboxylic acids is 2. The van der Waals surface area contributed by atoms with E-state index in [1.807, 2.05) is 12.4 Å². The van der Waals surface area contributed by atoms with Crippen LogP contribution in [0.3, 0.4) is 0 Å². The molecule has 206 valence electrons. The van der Waals surface area contributed by atoms with E-state index in [4.69, 9.17) is 4.74 Å². The molecule has 10 heteroatoms. The van der Waals surface area contributed by atoms with Crippen molar-refractivity contribution >= 4 is 17.8 Å². The summed E-state index contributed by atoms with van der Waals surface area (Å²) < 4.78 is 34.7. The molecule has 8 nitrogen and oxygen atoms in total. The van der Waals surface area contributed by atoms with Crippen LogP contribution in [0.5, 0.6) is 5.75 Å². The number of ether oxygens (including phenoxy) is 1. The molecule has 4 rings (SSSR count). The van der Waals surface area contributed by atoms with E-state index in [0.29, 0.717) is 31.9 Å². The van der Waals surface area contributed by atoms with Crippen LogP contribution in [0.25, 0.3) is 0 Å². The first-order valence-corrected chi connectivity index (χ1v) is 13.7. The van der Waals surface area contributed by atoms with Crippen LogP contribution in [-0.2, 0) is 11.2 Å². The summed E-state index contributed by atoms with van der Waals surface area (Å²) in [4.78, 5) is 36.8. The number of hydrogen-bond donors (Lipinski definition) is 1. The van der Waals surface area contributed by atoms with Crippen LogP contribution in [0.15, 0.2) is 24.5 Å². The van der Waals surface area contributed by atoms with E-state index in [-0.39, 0.29) is 18.2 Å². The SMILES string of the molecule is CCc1cnc(N2CCC(CCCOc3cc(F)c(C(=O)NCCCN4CCCC4=O)c(F)c3)CC2)nc1. The maximum Gasteiger partial charge on any atom is 0.257 e. The van der Waals surface area contributed by atoms with Crippen molar-refractivity contribution in [2.75, 3.05) is 44.2 Å². The van der Waals surface area contributed by atoms with E-state index in [1.54, 1.807) is 4.90 Å². The molecule has 0 radical (unpaired) electrons. The van der Waals surface area contributed by atoms with Gasteiger partial charge in [0.15, 0.2) is 0 Å². The van der Waals surface area contributed by atoms with Crippen LogP contribution in [0.4, 0.5) is 14.7 Å². The Morgan fingerprint density at radius 3 is 2.45 bits per heavy atom. The minimum atomic E-state index is -0.950. The third-order valence-electron chi connectivity index (χ3n) is 7.33. The van der Waals surface area contributed by atoms with Gasteiger partial charge in [0.05, 0.1) is 6.61 Å². The smallest absolute Gasteiger partial charge is 0.257 e. The number of rotatable bonds is 12. The lowest BCUT2D eigenvalue weighted by Crippen LogP contribution is -2.35. The van der Waals surface area contributed by atoms with Crippen molar-refractivity contribution in [2.45, 2.75) is 58.3 Å². The number of nitrogens with zero attached hydrogens (tertiary/aromatic N) is 4. The number of nitrogens with one attached hydrogen (secondary N) is 1. The normalized spacial score (nSPS) is 16.2.